The number of hydrogen-bond acceptors (Lipinski definition) is 3. The van der Waals surface area contributed by atoms with E-state index < -0.39 is 5.91 Å². The predicted molar refractivity (Wildman–Crippen MR) is 147 cm³/mol. The molecule has 2 N–H and O–H groups in total. The predicted octanol–water partition coefficient (Wildman–Crippen LogP) is 6.50. The summed E-state index contributed by atoms with van der Waals surface area (Å²) >= 11 is 3.44. The quantitative estimate of drug-likeness (QED) is 0.137. The lowest BCUT2D eigenvalue weighted by molar-refractivity contribution is -0.117. The first kappa shape index (κ1) is 25.0. The number of rotatable bonds is 10. The van der Waals surface area contributed by atoms with Gasteiger partial charge in [-0.15, -0.1) is 6.58 Å². The van der Waals surface area contributed by atoms with Crippen LogP contribution in [-0.2, 0) is 24.2 Å². The number of allylic oxidation sites excluding steroid dienone is 1. The van der Waals surface area contributed by atoms with Crippen molar-refractivity contribution in [2.24, 2.45) is 0 Å². The highest BCUT2D eigenvalue weighted by atomic mass is 79.9. The number of amides is 1. The number of para-hydroxylation sites is 1. The lowest BCUT2D eigenvalue weighted by Gasteiger charge is -2.12. The zero-order valence-corrected chi connectivity index (χ0v) is 21.3. The molecule has 1 heterocycles. The topological polar surface area (TPSA) is 77.9 Å². The molecule has 0 aliphatic carbocycles. The molecule has 0 saturated carbocycles. The van der Waals surface area contributed by atoms with Crippen LogP contribution in [0.2, 0.25) is 0 Å². The average molecular weight is 540 g/mol. The fourth-order valence-electron chi connectivity index (χ4n) is 3.95. The van der Waals surface area contributed by atoms with Gasteiger partial charge in [-0.05, 0) is 71.5 Å². The Morgan fingerprint density at radius 1 is 1.11 bits per heavy atom. The van der Waals surface area contributed by atoms with Gasteiger partial charge >= 0.3 is 0 Å². The maximum absolute atomic E-state index is 12.7. The fraction of sp³-hybridized carbons (Fsp3) is 0.133. The van der Waals surface area contributed by atoms with Crippen LogP contribution in [0.4, 0.5) is 0 Å². The number of aromatic amines is 1. The van der Waals surface area contributed by atoms with Gasteiger partial charge in [-0.3, -0.25) is 4.79 Å². The Hall–Kier alpha value is -4.08. The summed E-state index contributed by atoms with van der Waals surface area (Å²) in [4.78, 5) is 15.9. The maximum atomic E-state index is 12.7. The molecule has 0 unspecified atom stereocenters. The highest BCUT2D eigenvalue weighted by molar-refractivity contribution is 9.10. The van der Waals surface area contributed by atoms with Crippen LogP contribution in [0, 0.1) is 11.3 Å². The second-order valence-corrected chi connectivity index (χ2v) is 9.23. The van der Waals surface area contributed by atoms with E-state index in [0.717, 1.165) is 43.4 Å². The van der Waals surface area contributed by atoms with E-state index in [-0.39, 0.29) is 5.57 Å². The number of carbonyl (C=O) groups is 1. The van der Waals surface area contributed by atoms with Gasteiger partial charge in [-0.25, -0.2) is 0 Å². The summed E-state index contributed by atoms with van der Waals surface area (Å²) in [6.07, 6.45) is 6.64. The largest absolute Gasteiger partial charge is 0.489 e. The number of fused-ring (bicyclic) bond motifs is 1. The van der Waals surface area contributed by atoms with Crippen molar-refractivity contribution >= 4 is 38.8 Å². The summed E-state index contributed by atoms with van der Waals surface area (Å²) in [6, 6.07) is 23.7. The normalized spacial score (nSPS) is 11.2. The van der Waals surface area contributed by atoms with Crippen molar-refractivity contribution in [1.29, 1.82) is 5.26 Å². The maximum Gasteiger partial charge on any atom is 0.261 e. The van der Waals surface area contributed by atoms with Gasteiger partial charge in [-0.2, -0.15) is 5.26 Å². The van der Waals surface area contributed by atoms with E-state index in [2.05, 4.69) is 38.9 Å². The summed E-state index contributed by atoms with van der Waals surface area (Å²) in [7, 11) is 0. The molecule has 5 nitrogen and oxygen atoms in total. The third kappa shape index (κ3) is 6.32. The molecule has 1 amide bonds. The lowest BCUT2D eigenvalue weighted by Crippen LogP contribution is -2.26. The van der Waals surface area contributed by atoms with E-state index in [4.69, 9.17) is 4.74 Å². The molecule has 1 aromatic heterocycles. The number of benzene rings is 3. The second kappa shape index (κ2) is 12.1. The van der Waals surface area contributed by atoms with Gasteiger partial charge in [0.15, 0.2) is 0 Å². The van der Waals surface area contributed by atoms with Crippen molar-refractivity contribution in [1.82, 2.24) is 10.3 Å². The minimum absolute atomic E-state index is 0.0574. The van der Waals surface area contributed by atoms with Crippen molar-refractivity contribution < 1.29 is 9.53 Å². The fourth-order valence-corrected chi connectivity index (χ4v) is 4.21. The number of H-pyrrole nitrogens is 1. The number of nitrogens with zero attached hydrogens (tertiary/aromatic N) is 1. The minimum Gasteiger partial charge on any atom is -0.489 e. The van der Waals surface area contributed by atoms with E-state index >= 15 is 0 Å². The van der Waals surface area contributed by atoms with Gasteiger partial charge in [0.05, 0.1) is 0 Å². The summed E-state index contributed by atoms with van der Waals surface area (Å²) in [5.41, 5.74) is 5.00. The number of hydrogen-bond donors (Lipinski definition) is 2. The number of nitriles is 1. The van der Waals surface area contributed by atoms with Crippen LogP contribution in [0.5, 0.6) is 5.75 Å². The second-order valence-electron chi connectivity index (χ2n) is 8.31. The standard InChI is InChI=1S/C30H26BrN3O2/c1-2-5-23-16-22(10-13-29(23)36-20-21-8-11-26(31)12-9-21)17-25(18-32)30(35)33-15-14-24-19-34-28-7-4-3-6-27(24)28/h2-4,6-13,16-17,19,34H,1,5,14-15,20H2,(H,33,35)/b25-17-. The lowest BCUT2D eigenvalue weighted by atomic mass is 10.0. The molecule has 0 radical (unpaired) electrons. The summed E-state index contributed by atoms with van der Waals surface area (Å²) in [5, 5.41) is 13.6. The van der Waals surface area contributed by atoms with E-state index in [1.807, 2.05) is 72.9 Å². The molecule has 0 fully saturated rings. The number of carbonyl (C=O) groups excluding carboxylic acids is 1. The number of nitrogens with one attached hydrogen (secondary N) is 2. The first-order valence-corrected chi connectivity index (χ1v) is 12.4. The van der Waals surface area contributed by atoms with Crippen LogP contribution in [0.25, 0.3) is 17.0 Å². The van der Waals surface area contributed by atoms with Gasteiger partial charge in [0.1, 0.15) is 24.0 Å². The molecule has 4 rings (SSSR count). The number of halogens is 1. The van der Waals surface area contributed by atoms with E-state index in [1.165, 1.54) is 0 Å². The SMILES string of the molecule is C=CCc1cc(/C=C(/C#N)C(=O)NCCc2c[nH]c3ccccc23)ccc1OCc1ccc(Br)cc1. The monoisotopic (exact) mass is 539 g/mol. The Morgan fingerprint density at radius 3 is 2.69 bits per heavy atom. The van der Waals surface area contributed by atoms with E-state index in [1.54, 1.807) is 12.2 Å². The Morgan fingerprint density at radius 2 is 1.92 bits per heavy atom. The Balaban J connectivity index is 1.41. The van der Waals surface area contributed by atoms with Crippen molar-refractivity contribution in [2.45, 2.75) is 19.4 Å². The van der Waals surface area contributed by atoms with Crippen LogP contribution in [0.15, 0.2) is 95.6 Å². The van der Waals surface area contributed by atoms with Crippen molar-refractivity contribution in [3.8, 4) is 11.8 Å². The van der Waals surface area contributed by atoms with Gasteiger partial charge in [0, 0.05) is 28.1 Å². The Bertz CT molecular complexity index is 1450. The van der Waals surface area contributed by atoms with Gasteiger partial charge in [0.2, 0.25) is 0 Å². The van der Waals surface area contributed by atoms with Gasteiger partial charge < -0.3 is 15.0 Å². The molecule has 0 spiro atoms. The van der Waals surface area contributed by atoms with Crippen molar-refractivity contribution in [2.75, 3.05) is 6.54 Å². The van der Waals surface area contributed by atoms with Gasteiger partial charge in [0.25, 0.3) is 5.91 Å². The van der Waals surface area contributed by atoms with Crippen LogP contribution < -0.4 is 10.1 Å². The summed E-state index contributed by atoms with van der Waals surface area (Å²) < 4.78 is 7.06. The first-order valence-electron chi connectivity index (χ1n) is 11.6. The average Bonchev–Trinajstić information content (AvgIpc) is 3.31. The first-order chi connectivity index (χ1) is 17.6. The Kier molecular flexibility index (Phi) is 8.38. The molecular weight excluding hydrogens is 514 g/mol. The molecule has 3 aromatic carbocycles. The molecule has 36 heavy (non-hydrogen) atoms. The van der Waals surface area contributed by atoms with Crippen LogP contribution >= 0.6 is 15.9 Å². The smallest absolute Gasteiger partial charge is 0.261 e. The van der Waals surface area contributed by atoms with Crippen molar-refractivity contribution in [3.63, 3.8) is 0 Å². The zero-order chi connectivity index (χ0) is 25.3. The Labute approximate surface area is 219 Å². The molecule has 0 aliphatic rings. The molecule has 180 valence electrons. The highest BCUT2D eigenvalue weighted by Gasteiger charge is 2.11. The van der Waals surface area contributed by atoms with Crippen LogP contribution in [-0.4, -0.2) is 17.4 Å². The minimum atomic E-state index is -0.391. The number of aromatic nitrogens is 1. The summed E-state index contributed by atoms with van der Waals surface area (Å²) in [6.45, 7) is 4.71. The molecule has 6 heteroatoms. The molecule has 0 saturated heterocycles. The molecule has 0 aliphatic heterocycles. The zero-order valence-electron chi connectivity index (χ0n) is 19.8. The van der Waals surface area contributed by atoms with Crippen LogP contribution in [0.3, 0.4) is 0 Å². The molecule has 0 bridgehead atoms. The number of ether oxygens (including phenoxy) is 1. The van der Waals surface area contributed by atoms with Crippen LogP contribution in [0.1, 0.15) is 22.3 Å². The van der Waals surface area contributed by atoms with E-state index in [9.17, 15) is 10.1 Å². The summed E-state index contributed by atoms with van der Waals surface area (Å²) in [5.74, 6) is 0.356. The third-order valence-corrected chi connectivity index (χ3v) is 6.32. The third-order valence-electron chi connectivity index (χ3n) is 5.79. The van der Waals surface area contributed by atoms with Gasteiger partial charge in [-0.1, -0.05) is 58.4 Å². The molecule has 4 aromatic rings. The van der Waals surface area contributed by atoms with E-state index in [0.29, 0.717) is 26.0 Å². The molecule has 0 atom stereocenters. The van der Waals surface area contributed by atoms with Crippen molar-refractivity contribution in [3.05, 3.63) is 118 Å². The molecular formula is C30H26BrN3O2. The highest BCUT2D eigenvalue weighted by Crippen LogP contribution is 2.24.